The number of aromatic nitrogens is 1. The topological polar surface area (TPSA) is 83.4 Å². The van der Waals surface area contributed by atoms with Crippen LogP contribution in [0.3, 0.4) is 0 Å². The van der Waals surface area contributed by atoms with Crippen molar-refractivity contribution >= 4 is 52.0 Å². The van der Waals surface area contributed by atoms with Gasteiger partial charge in [0.1, 0.15) is 12.1 Å². The van der Waals surface area contributed by atoms with Crippen LogP contribution in [0.5, 0.6) is 0 Å². The molecule has 7 nitrogen and oxygen atoms in total. The van der Waals surface area contributed by atoms with Crippen LogP contribution in [0.15, 0.2) is 36.0 Å². The molecule has 30 heavy (non-hydrogen) atoms. The fourth-order valence-electron chi connectivity index (χ4n) is 4.16. The fraction of sp³-hybridized carbons (Fsp3) is 0.364. The molecule has 4 rings (SSSR count). The summed E-state index contributed by atoms with van der Waals surface area (Å²) in [4.78, 5) is 39.0. The molecule has 0 spiro atoms. The molecule has 0 unspecified atom stereocenters. The predicted molar refractivity (Wildman–Crippen MR) is 118 cm³/mol. The minimum Gasteiger partial charge on any atom is -0.352 e. The Hall–Kier alpha value is -3.00. The Bertz CT molecular complexity index is 1070. The van der Waals surface area contributed by atoms with Crippen LogP contribution in [-0.4, -0.2) is 44.9 Å². The van der Waals surface area contributed by atoms with E-state index in [1.807, 2.05) is 35.0 Å². The van der Waals surface area contributed by atoms with E-state index in [9.17, 15) is 14.4 Å². The van der Waals surface area contributed by atoms with Crippen LogP contribution in [0.4, 0.5) is 0 Å². The number of hydrogen-bond donors (Lipinski definition) is 2. The fourth-order valence-corrected chi connectivity index (χ4v) is 4.46. The maximum atomic E-state index is 12.7. The van der Waals surface area contributed by atoms with Crippen molar-refractivity contribution < 1.29 is 14.4 Å². The van der Waals surface area contributed by atoms with Crippen LogP contribution < -0.4 is 10.6 Å². The molecular formula is C22H24N4O3S. The van der Waals surface area contributed by atoms with Gasteiger partial charge in [-0.1, -0.05) is 31.0 Å². The number of thiocarbonyl (C=S) groups is 1. The van der Waals surface area contributed by atoms with Crippen LogP contribution in [-0.2, 0) is 20.9 Å². The van der Waals surface area contributed by atoms with E-state index in [0.29, 0.717) is 12.1 Å². The van der Waals surface area contributed by atoms with Gasteiger partial charge in [0.15, 0.2) is 5.11 Å². The summed E-state index contributed by atoms with van der Waals surface area (Å²) in [5, 5.41) is 6.66. The third kappa shape index (κ3) is 3.87. The van der Waals surface area contributed by atoms with Crippen molar-refractivity contribution in [2.24, 2.45) is 0 Å². The quantitative estimate of drug-likeness (QED) is 0.439. The second-order valence-corrected chi connectivity index (χ2v) is 8.03. The number of benzene rings is 1. The summed E-state index contributed by atoms with van der Waals surface area (Å²) in [5.74, 6) is -0.955. The van der Waals surface area contributed by atoms with Crippen molar-refractivity contribution in [1.82, 2.24) is 20.1 Å². The average Bonchev–Trinajstić information content (AvgIpc) is 3.34. The second kappa shape index (κ2) is 8.39. The van der Waals surface area contributed by atoms with Crippen molar-refractivity contribution in [3.63, 3.8) is 0 Å². The summed E-state index contributed by atoms with van der Waals surface area (Å²) in [6, 6.07) is 7.90. The Morgan fingerprint density at radius 3 is 2.73 bits per heavy atom. The number of carbonyl (C=O) groups excluding carboxylic acids is 3. The van der Waals surface area contributed by atoms with Crippen LogP contribution in [0.1, 0.15) is 38.2 Å². The number of rotatable bonds is 5. The highest BCUT2D eigenvalue weighted by Crippen LogP contribution is 2.25. The van der Waals surface area contributed by atoms with E-state index in [4.69, 9.17) is 12.2 Å². The van der Waals surface area contributed by atoms with Gasteiger partial charge in [0.05, 0.1) is 0 Å². The van der Waals surface area contributed by atoms with Gasteiger partial charge in [0.25, 0.3) is 11.8 Å². The molecule has 1 aliphatic heterocycles. The van der Waals surface area contributed by atoms with Crippen molar-refractivity contribution in [3.05, 3.63) is 41.6 Å². The van der Waals surface area contributed by atoms with E-state index in [0.717, 1.165) is 36.6 Å². The van der Waals surface area contributed by atoms with Crippen LogP contribution in [0.2, 0.25) is 0 Å². The lowest BCUT2D eigenvalue weighted by molar-refractivity contribution is -0.128. The summed E-state index contributed by atoms with van der Waals surface area (Å²) in [5.41, 5.74) is 1.61. The lowest BCUT2D eigenvalue weighted by atomic mass is 10.1. The molecule has 1 aliphatic carbocycles. The standard InChI is InChI=1S/C22H24N4O3S/c1-2-26-21(29)17(20(28)24-22(26)30)11-14-12-25(18-10-6-5-9-16(14)18)13-19(27)23-15-7-3-4-8-15/h5-6,9-12,15H,2-4,7-8,13H2,1H3,(H,23,27)(H,24,28,30)/b17-11+. The van der Waals surface area contributed by atoms with Gasteiger partial charge in [0, 0.05) is 35.2 Å². The van der Waals surface area contributed by atoms with Crippen molar-refractivity contribution in [2.45, 2.75) is 45.2 Å². The highest BCUT2D eigenvalue weighted by molar-refractivity contribution is 7.80. The molecular weight excluding hydrogens is 400 g/mol. The van der Waals surface area contributed by atoms with Crippen molar-refractivity contribution in [3.8, 4) is 0 Å². The number of fused-ring (bicyclic) bond motifs is 1. The van der Waals surface area contributed by atoms with Gasteiger partial charge in [-0.25, -0.2) is 0 Å². The van der Waals surface area contributed by atoms with Gasteiger partial charge in [-0.2, -0.15) is 0 Å². The van der Waals surface area contributed by atoms with Gasteiger partial charge < -0.3 is 9.88 Å². The molecule has 2 N–H and O–H groups in total. The lowest BCUT2D eigenvalue weighted by Gasteiger charge is -2.27. The Labute approximate surface area is 180 Å². The van der Waals surface area contributed by atoms with Crippen LogP contribution in [0, 0.1) is 0 Å². The molecule has 0 bridgehead atoms. The smallest absolute Gasteiger partial charge is 0.265 e. The second-order valence-electron chi connectivity index (χ2n) is 7.65. The number of carbonyl (C=O) groups is 3. The van der Waals surface area contributed by atoms with E-state index >= 15 is 0 Å². The SMILES string of the molecule is CCN1C(=O)/C(=C/c2cn(CC(=O)NC3CCCC3)c3ccccc23)C(=O)NC1=S. The van der Waals surface area contributed by atoms with Gasteiger partial charge in [-0.3, -0.25) is 24.6 Å². The van der Waals surface area contributed by atoms with Gasteiger partial charge in [-0.05, 0) is 44.1 Å². The third-order valence-electron chi connectivity index (χ3n) is 5.66. The van der Waals surface area contributed by atoms with Crippen molar-refractivity contribution in [2.75, 3.05) is 6.54 Å². The largest absolute Gasteiger partial charge is 0.352 e. The zero-order chi connectivity index (χ0) is 21.3. The highest BCUT2D eigenvalue weighted by Gasteiger charge is 2.32. The van der Waals surface area contributed by atoms with Gasteiger partial charge in [0.2, 0.25) is 5.91 Å². The maximum absolute atomic E-state index is 12.7. The molecule has 1 saturated carbocycles. The maximum Gasteiger partial charge on any atom is 0.265 e. The molecule has 1 saturated heterocycles. The van der Waals surface area contributed by atoms with Crippen LogP contribution in [0.25, 0.3) is 17.0 Å². The molecule has 8 heteroatoms. The van der Waals surface area contributed by atoms with Crippen LogP contribution >= 0.6 is 12.2 Å². The molecule has 2 fully saturated rings. The molecule has 2 heterocycles. The van der Waals surface area contributed by atoms with E-state index in [1.54, 1.807) is 13.0 Å². The van der Waals surface area contributed by atoms with E-state index < -0.39 is 11.8 Å². The number of hydrogen-bond acceptors (Lipinski definition) is 4. The van der Waals surface area contributed by atoms with Gasteiger partial charge >= 0.3 is 0 Å². The Morgan fingerprint density at radius 2 is 2.00 bits per heavy atom. The third-order valence-corrected chi connectivity index (χ3v) is 5.98. The summed E-state index contributed by atoms with van der Waals surface area (Å²) in [6.45, 7) is 2.36. The zero-order valence-electron chi connectivity index (χ0n) is 16.8. The molecule has 3 amide bonds. The molecule has 1 aromatic carbocycles. The molecule has 0 radical (unpaired) electrons. The highest BCUT2D eigenvalue weighted by atomic mass is 32.1. The molecule has 2 aliphatic rings. The molecule has 1 aromatic heterocycles. The number of para-hydroxylation sites is 1. The first-order valence-electron chi connectivity index (χ1n) is 10.2. The predicted octanol–water partition coefficient (Wildman–Crippen LogP) is 2.35. The van der Waals surface area contributed by atoms with E-state index in [2.05, 4.69) is 10.6 Å². The first kappa shape index (κ1) is 20.3. The first-order chi connectivity index (χ1) is 14.5. The Morgan fingerprint density at radius 1 is 1.27 bits per heavy atom. The summed E-state index contributed by atoms with van der Waals surface area (Å²) < 4.78 is 1.86. The van der Waals surface area contributed by atoms with Crippen molar-refractivity contribution in [1.29, 1.82) is 0 Å². The number of amides is 3. The van der Waals surface area contributed by atoms with Gasteiger partial charge in [-0.15, -0.1) is 0 Å². The Kier molecular flexibility index (Phi) is 5.67. The molecule has 2 aromatic rings. The number of likely N-dealkylation sites (N-methyl/N-ethyl adjacent to an activating group) is 1. The zero-order valence-corrected chi connectivity index (χ0v) is 17.6. The number of nitrogens with one attached hydrogen (secondary N) is 2. The first-order valence-corrected chi connectivity index (χ1v) is 10.6. The summed E-state index contributed by atoms with van der Waals surface area (Å²) in [6.07, 6.45) is 7.77. The molecule has 156 valence electrons. The normalized spacial score (nSPS) is 19.0. The monoisotopic (exact) mass is 424 g/mol. The van der Waals surface area contributed by atoms with E-state index in [-0.39, 0.29) is 29.2 Å². The summed E-state index contributed by atoms with van der Waals surface area (Å²) in [7, 11) is 0. The molecule has 0 atom stereocenters. The minimum atomic E-state index is -0.509. The van der Waals surface area contributed by atoms with E-state index in [1.165, 1.54) is 4.90 Å². The number of nitrogens with zero attached hydrogens (tertiary/aromatic N) is 2. The summed E-state index contributed by atoms with van der Waals surface area (Å²) >= 11 is 5.08. The average molecular weight is 425 g/mol. The Balaban J connectivity index is 1.65. The lowest BCUT2D eigenvalue weighted by Crippen LogP contribution is -2.53. The minimum absolute atomic E-state index is 0.0313.